The summed E-state index contributed by atoms with van der Waals surface area (Å²) in [5, 5.41) is 10.7. The van der Waals surface area contributed by atoms with E-state index in [1.54, 1.807) is 0 Å². The maximum atomic E-state index is 11.5. The van der Waals surface area contributed by atoms with Crippen molar-refractivity contribution in [2.24, 2.45) is 7.05 Å². The molecule has 0 bridgehead atoms. The van der Waals surface area contributed by atoms with Gasteiger partial charge in [0.05, 0.1) is 11.4 Å². The van der Waals surface area contributed by atoms with Gasteiger partial charge in [-0.2, -0.15) is 0 Å². The summed E-state index contributed by atoms with van der Waals surface area (Å²) in [6.07, 6.45) is 2.72. The summed E-state index contributed by atoms with van der Waals surface area (Å²) in [4.78, 5) is 11.5. The second-order valence-corrected chi connectivity index (χ2v) is 5.61. The van der Waals surface area contributed by atoms with Crippen LogP contribution in [0.3, 0.4) is 0 Å². The molecule has 0 radical (unpaired) electrons. The molecular formula is C16H19NO2. The Hall–Kier alpha value is -1.77. The van der Waals surface area contributed by atoms with Crippen LogP contribution in [0.2, 0.25) is 0 Å². The van der Waals surface area contributed by atoms with E-state index in [1.807, 2.05) is 7.05 Å². The predicted octanol–water partition coefficient (Wildman–Crippen LogP) is 3.30. The monoisotopic (exact) mass is 257 g/mol. The first-order valence-corrected chi connectivity index (χ1v) is 6.82. The third kappa shape index (κ3) is 1.61. The number of carbonyl (C=O) groups is 1. The van der Waals surface area contributed by atoms with Crippen LogP contribution in [0.5, 0.6) is 0 Å². The fourth-order valence-corrected chi connectivity index (χ4v) is 3.50. The minimum atomic E-state index is -0.693. The fraction of sp³-hybridized carbons (Fsp3) is 0.438. The Morgan fingerprint density at radius 1 is 1.37 bits per heavy atom. The lowest BCUT2D eigenvalue weighted by atomic mass is 9.86. The van der Waals surface area contributed by atoms with Crippen molar-refractivity contribution in [1.82, 2.24) is 4.57 Å². The maximum absolute atomic E-state index is 11.5. The second-order valence-electron chi connectivity index (χ2n) is 5.61. The Morgan fingerprint density at radius 3 is 2.79 bits per heavy atom. The number of aromatic nitrogens is 1. The lowest BCUT2D eigenvalue weighted by molar-refractivity contribution is -0.139. The first-order chi connectivity index (χ1) is 9.02. The van der Waals surface area contributed by atoms with E-state index in [-0.39, 0.29) is 5.92 Å². The van der Waals surface area contributed by atoms with Crippen molar-refractivity contribution in [3.63, 3.8) is 0 Å². The van der Waals surface area contributed by atoms with E-state index in [2.05, 4.69) is 30.5 Å². The highest BCUT2D eigenvalue weighted by Gasteiger charge is 2.31. The molecule has 0 aliphatic heterocycles. The van der Waals surface area contributed by atoms with Gasteiger partial charge in [-0.25, -0.2) is 0 Å². The zero-order chi connectivity index (χ0) is 13.7. The molecule has 3 heteroatoms. The standard InChI is InChI=1S/C16H19NO2/c1-9-7-8-12-11-5-4-6-13(16(18)19)15(11)17(3)14(12)10(9)2/h7-8,13H,4-6H2,1-3H3,(H,18,19). The number of carboxylic acid groups (broad SMARTS) is 1. The number of benzene rings is 1. The van der Waals surface area contributed by atoms with Crippen LogP contribution in [0.25, 0.3) is 10.9 Å². The Morgan fingerprint density at radius 2 is 2.11 bits per heavy atom. The lowest BCUT2D eigenvalue weighted by Gasteiger charge is -2.21. The summed E-state index contributed by atoms with van der Waals surface area (Å²) in [5.74, 6) is -1.04. The van der Waals surface area contributed by atoms with Crippen LogP contribution < -0.4 is 0 Å². The fourth-order valence-electron chi connectivity index (χ4n) is 3.50. The molecular weight excluding hydrogens is 238 g/mol. The highest BCUT2D eigenvalue weighted by atomic mass is 16.4. The van der Waals surface area contributed by atoms with Gasteiger partial charge in [0.1, 0.15) is 0 Å². The third-order valence-electron chi connectivity index (χ3n) is 4.58. The number of carboxylic acids is 1. The molecule has 1 aliphatic carbocycles. The third-order valence-corrected chi connectivity index (χ3v) is 4.58. The van der Waals surface area contributed by atoms with E-state index in [4.69, 9.17) is 0 Å². The maximum Gasteiger partial charge on any atom is 0.312 e. The molecule has 1 aliphatic rings. The summed E-state index contributed by atoms with van der Waals surface area (Å²) < 4.78 is 2.12. The van der Waals surface area contributed by atoms with Crippen LogP contribution in [-0.2, 0) is 18.3 Å². The Kier molecular flexibility index (Phi) is 2.66. The number of hydrogen-bond acceptors (Lipinski definition) is 1. The van der Waals surface area contributed by atoms with Crippen molar-refractivity contribution in [1.29, 1.82) is 0 Å². The van der Waals surface area contributed by atoms with Gasteiger partial charge in [-0.3, -0.25) is 4.79 Å². The van der Waals surface area contributed by atoms with Gasteiger partial charge < -0.3 is 9.67 Å². The first kappa shape index (κ1) is 12.3. The zero-order valence-corrected chi connectivity index (χ0v) is 11.7. The van der Waals surface area contributed by atoms with Crippen molar-refractivity contribution in [3.05, 3.63) is 34.5 Å². The highest BCUT2D eigenvalue weighted by molar-refractivity contribution is 5.91. The summed E-state index contributed by atoms with van der Waals surface area (Å²) in [6, 6.07) is 4.29. The van der Waals surface area contributed by atoms with Gasteiger partial charge in [-0.15, -0.1) is 0 Å². The molecule has 19 heavy (non-hydrogen) atoms. The van der Waals surface area contributed by atoms with Crippen LogP contribution in [0.4, 0.5) is 0 Å². The number of hydrogen-bond donors (Lipinski definition) is 1. The molecule has 1 heterocycles. The molecule has 1 unspecified atom stereocenters. The van der Waals surface area contributed by atoms with Crippen LogP contribution >= 0.6 is 0 Å². The van der Waals surface area contributed by atoms with E-state index in [9.17, 15) is 9.90 Å². The molecule has 0 amide bonds. The molecule has 1 aromatic heterocycles. The minimum Gasteiger partial charge on any atom is -0.481 e. The molecule has 2 aromatic rings. The van der Waals surface area contributed by atoms with Crippen molar-refractivity contribution in [3.8, 4) is 0 Å². The van der Waals surface area contributed by atoms with Gasteiger partial charge in [-0.1, -0.05) is 12.1 Å². The largest absolute Gasteiger partial charge is 0.481 e. The van der Waals surface area contributed by atoms with Crippen molar-refractivity contribution in [2.75, 3.05) is 0 Å². The van der Waals surface area contributed by atoms with Crippen LogP contribution in [0.1, 0.15) is 41.1 Å². The minimum absolute atomic E-state index is 0.346. The zero-order valence-electron chi connectivity index (χ0n) is 11.7. The number of aryl methyl sites for hydroxylation is 4. The van der Waals surface area contributed by atoms with Crippen molar-refractivity contribution >= 4 is 16.9 Å². The molecule has 0 spiro atoms. The molecule has 1 N–H and O–H groups in total. The summed E-state index contributed by atoms with van der Waals surface area (Å²) in [5.41, 5.74) is 6.00. The first-order valence-electron chi connectivity index (χ1n) is 6.82. The molecule has 0 saturated heterocycles. The average molecular weight is 257 g/mol. The van der Waals surface area contributed by atoms with E-state index in [0.717, 1.165) is 25.0 Å². The number of aliphatic carboxylic acids is 1. The van der Waals surface area contributed by atoms with Gasteiger partial charge in [0.25, 0.3) is 0 Å². The SMILES string of the molecule is Cc1ccc2c3c(n(C)c2c1C)C(C(=O)O)CCC3. The molecule has 3 rings (SSSR count). The van der Waals surface area contributed by atoms with Gasteiger partial charge in [-0.05, 0) is 49.8 Å². The Labute approximate surface area is 112 Å². The lowest BCUT2D eigenvalue weighted by Crippen LogP contribution is -2.20. The molecule has 0 fully saturated rings. The summed E-state index contributed by atoms with van der Waals surface area (Å²) in [7, 11) is 2.01. The molecule has 1 aromatic carbocycles. The van der Waals surface area contributed by atoms with Crippen molar-refractivity contribution in [2.45, 2.75) is 39.0 Å². The second kappa shape index (κ2) is 4.12. The predicted molar refractivity (Wildman–Crippen MR) is 75.7 cm³/mol. The topological polar surface area (TPSA) is 42.2 Å². The normalized spacial score (nSPS) is 18.6. The van der Waals surface area contributed by atoms with E-state index in [1.165, 1.54) is 27.6 Å². The number of nitrogens with zero attached hydrogens (tertiary/aromatic N) is 1. The van der Waals surface area contributed by atoms with Crippen LogP contribution in [0.15, 0.2) is 12.1 Å². The molecule has 0 saturated carbocycles. The van der Waals surface area contributed by atoms with E-state index < -0.39 is 5.97 Å². The Balaban J connectivity index is 2.39. The smallest absolute Gasteiger partial charge is 0.312 e. The van der Waals surface area contributed by atoms with E-state index >= 15 is 0 Å². The summed E-state index contributed by atoms with van der Waals surface area (Å²) >= 11 is 0. The van der Waals surface area contributed by atoms with Crippen LogP contribution in [-0.4, -0.2) is 15.6 Å². The summed E-state index contributed by atoms with van der Waals surface area (Å²) in [6.45, 7) is 4.23. The van der Waals surface area contributed by atoms with Gasteiger partial charge in [0.15, 0.2) is 0 Å². The van der Waals surface area contributed by atoms with Gasteiger partial charge in [0.2, 0.25) is 0 Å². The Bertz CT molecular complexity index is 682. The molecule has 1 atom stereocenters. The van der Waals surface area contributed by atoms with Crippen LogP contribution in [0, 0.1) is 13.8 Å². The van der Waals surface area contributed by atoms with E-state index in [0.29, 0.717) is 0 Å². The molecule has 100 valence electrons. The highest BCUT2D eigenvalue weighted by Crippen LogP contribution is 2.39. The number of fused-ring (bicyclic) bond motifs is 3. The van der Waals surface area contributed by atoms with Gasteiger partial charge >= 0.3 is 5.97 Å². The van der Waals surface area contributed by atoms with Crippen molar-refractivity contribution < 1.29 is 9.90 Å². The number of rotatable bonds is 1. The van der Waals surface area contributed by atoms with Gasteiger partial charge in [0, 0.05) is 18.1 Å². The average Bonchev–Trinajstić information content (AvgIpc) is 2.68. The quantitative estimate of drug-likeness (QED) is 0.851. The molecule has 3 nitrogen and oxygen atoms in total.